The molecule has 2 heterocycles. The van der Waals surface area contributed by atoms with Gasteiger partial charge in [0.2, 0.25) is 11.8 Å². The molecular weight excluding hydrogens is 424 g/mol. The summed E-state index contributed by atoms with van der Waals surface area (Å²) in [6.07, 6.45) is 8.21. The van der Waals surface area contributed by atoms with E-state index in [2.05, 4.69) is 60.0 Å². The highest BCUT2D eigenvalue weighted by molar-refractivity contribution is 5.53. The van der Waals surface area contributed by atoms with Crippen LogP contribution in [0.2, 0.25) is 0 Å². The van der Waals surface area contributed by atoms with Crippen LogP contribution in [0, 0.1) is 23.7 Å². The Labute approximate surface area is 203 Å². The molecule has 0 bridgehead atoms. The Balaban J connectivity index is 1.43. The number of nitrogens with zero attached hydrogens (tertiary/aromatic N) is 4. The zero-order valence-corrected chi connectivity index (χ0v) is 20.9. The molecule has 6 nitrogen and oxygen atoms in total. The highest BCUT2D eigenvalue weighted by Crippen LogP contribution is 2.39. The van der Waals surface area contributed by atoms with Gasteiger partial charge in [-0.15, -0.1) is 10.2 Å². The molecule has 34 heavy (non-hydrogen) atoms. The van der Waals surface area contributed by atoms with E-state index >= 15 is 0 Å². The topological polar surface area (TPSA) is 64.3 Å². The van der Waals surface area contributed by atoms with Crippen molar-refractivity contribution >= 4 is 0 Å². The van der Waals surface area contributed by atoms with Crippen molar-refractivity contribution in [2.45, 2.75) is 40.2 Å². The molecule has 180 valence electrons. The van der Waals surface area contributed by atoms with E-state index in [0.29, 0.717) is 35.5 Å². The first-order valence-electron chi connectivity index (χ1n) is 12.2. The van der Waals surface area contributed by atoms with Crippen molar-refractivity contribution in [3.63, 3.8) is 0 Å². The van der Waals surface area contributed by atoms with Crippen molar-refractivity contribution in [1.82, 2.24) is 20.1 Å². The van der Waals surface area contributed by atoms with Crippen molar-refractivity contribution in [1.29, 1.82) is 0 Å². The van der Waals surface area contributed by atoms with Crippen LogP contribution in [0.4, 0.5) is 0 Å². The lowest BCUT2D eigenvalue weighted by molar-refractivity contribution is 0.173. The number of pyridine rings is 1. The minimum atomic E-state index is 0.427. The van der Waals surface area contributed by atoms with Crippen molar-refractivity contribution in [2.75, 3.05) is 20.7 Å². The van der Waals surface area contributed by atoms with Gasteiger partial charge >= 0.3 is 0 Å². The SMILES string of the molecule is COc1ccc(-c2nnc(CC3CC(C(C)C)C(CN(C)Cc4cccnc4)C=C3C)o2)cc1. The van der Waals surface area contributed by atoms with Crippen LogP contribution in [0.1, 0.15) is 38.6 Å². The minimum absolute atomic E-state index is 0.427. The van der Waals surface area contributed by atoms with Crippen LogP contribution in [0.3, 0.4) is 0 Å². The summed E-state index contributed by atoms with van der Waals surface area (Å²) < 4.78 is 11.3. The molecule has 2 aromatic heterocycles. The lowest BCUT2D eigenvalue weighted by Crippen LogP contribution is -2.35. The van der Waals surface area contributed by atoms with Crippen LogP contribution in [0.25, 0.3) is 11.5 Å². The molecular formula is C28H36N4O2. The Hall–Kier alpha value is -2.99. The Morgan fingerprint density at radius 3 is 2.62 bits per heavy atom. The zero-order valence-electron chi connectivity index (χ0n) is 20.9. The number of aromatic nitrogens is 3. The third-order valence-electron chi connectivity index (χ3n) is 7.01. The van der Waals surface area contributed by atoms with Crippen LogP contribution in [-0.4, -0.2) is 40.8 Å². The van der Waals surface area contributed by atoms with Gasteiger partial charge in [-0.25, -0.2) is 0 Å². The van der Waals surface area contributed by atoms with Gasteiger partial charge in [0.15, 0.2) is 0 Å². The molecule has 0 N–H and O–H groups in total. The first-order chi connectivity index (χ1) is 16.4. The van der Waals surface area contributed by atoms with Gasteiger partial charge in [-0.05, 0) is 80.0 Å². The lowest BCUT2D eigenvalue weighted by Gasteiger charge is -2.38. The predicted molar refractivity (Wildman–Crippen MR) is 134 cm³/mol. The van der Waals surface area contributed by atoms with E-state index in [0.717, 1.165) is 37.2 Å². The second-order valence-electron chi connectivity index (χ2n) is 9.91. The van der Waals surface area contributed by atoms with Crippen molar-refractivity contribution in [2.24, 2.45) is 23.7 Å². The molecule has 0 fully saturated rings. The average molecular weight is 461 g/mol. The number of hydrogen-bond donors (Lipinski definition) is 0. The Morgan fingerprint density at radius 2 is 1.94 bits per heavy atom. The van der Waals surface area contributed by atoms with E-state index in [1.807, 2.05) is 42.7 Å². The van der Waals surface area contributed by atoms with Gasteiger partial charge < -0.3 is 14.1 Å². The summed E-state index contributed by atoms with van der Waals surface area (Å²) in [7, 11) is 3.87. The molecule has 6 heteroatoms. The second-order valence-corrected chi connectivity index (χ2v) is 9.91. The number of rotatable bonds is 9. The third-order valence-corrected chi connectivity index (χ3v) is 7.01. The summed E-state index contributed by atoms with van der Waals surface area (Å²) in [5, 5.41) is 8.65. The molecule has 0 aliphatic heterocycles. The molecule has 3 aromatic rings. The van der Waals surface area contributed by atoms with Crippen molar-refractivity contribution in [3.05, 3.63) is 71.9 Å². The van der Waals surface area contributed by atoms with Gasteiger partial charge in [0.05, 0.1) is 7.11 Å². The summed E-state index contributed by atoms with van der Waals surface area (Å²) in [5.41, 5.74) is 3.60. The average Bonchev–Trinajstić information content (AvgIpc) is 3.29. The molecule has 0 saturated carbocycles. The predicted octanol–water partition coefficient (Wildman–Crippen LogP) is 5.67. The standard InChI is InChI=1S/C28H36N4O2/c1-19(2)26-14-23(15-27-30-31-28(34-27)22-8-10-25(33-5)11-9-22)20(3)13-24(26)18-32(4)17-21-7-6-12-29-16-21/h6-13,16,19,23-24,26H,14-15,17-18H2,1-5H3. The zero-order chi connectivity index (χ0) is 24.1. The van der Waals surface area contributed by atoms with Crippen LogP contribution >= 0.6 is 0 Å². The van der Waals surface area contributed by atoms with Crippen LogP contribution in [-0.2, 0) is 13.0 Å². The van der Waals surface area contributed by atoms with Gasteiger partial charge in [-0.1, -0.05) is 31.6 Å². The van der Waals surface area contributed by atoms with Crippen LogP contribution in [0.15, 0.2) is 64.9 Å². The van der Waals surface area contributed by atoms with Crippen LogP contribution in [0.5, 0.6) is 5.75 Å². The molecule has 1 aliphatic carbocycles. The molecule has 3 unspecified atom stereocenters. The maximum atomic E-state index is 6.04. The smallest absolute Gasteiger partial charge is 0.247 e. The quantitative estimate of drug-likeness (QED) is 0.383. The van der Waals surface area contributed by atoms with E-state index in [1.54, 1.807) is 7.11 Å². The van der Waals surface area contributed by atoms with E-state index in [4.69, 9.17) is 9.15 Å². The summed E-state index contributed by atoms with van der Waals surface area (Å²) in [6, 6.07) is 11.9. The highest BCUT2D eigenvalue weighted by Gasteiger charge is 2.33. The first-order valence-corrected chi connectivity index (χ1v) is 12.2. The summed E-state index contributed by atoms with van der Waals surface area (Å²) in [6.45, 7) is 8.92. The Bertz CT molecular complexity index is 1080. The number of allylic oxidation sites excluding steroid dienone is 1. The number of benzene rings is 1. The molecule has 0 radical (unpaired) electrons. The molecule has 3 atom stereocenters. The van der Waals surface area contributed by atoms with E-state index in [-0.39, 0.29) is 0 Å². The number of hydrogen-bond acceptors (Lipinski definition) is 6. The van der Waals surface area contributed by atoms with Crippen LogP contribution < -0.4 is 4.74 Å². The van der Waals surface area contributed by atoms with Gasteiger partial charge in [-0.3, -0.25) is 4.98 Å². The van der Waals surface area contributed by atoms with E-state index in [9.17, 15) is 0 Å². The van der Waals surface area contributed by atoms with Gasteiger partial charge in [0.25, 0.3) is 0 Å². The molecule has 0 spiro atoms. The monoisotopic (exact) mass is 460 g/mol. The Kier molecular flexibility index (Phi) is 7.78. The minimum Gasteiger partial charge on any atom is -0.497 e. The summed E-state index contributed by atoms with van der Waals surface area (Å²) in [5.74, 6) is 4.28. The molecule has 4 rings (SSSR count). The molecule has 0 amide bonds. The highest BCUT2D eigenvalue weighted by atomic mass is 16.5. The maximum absolute atomic E-state index is 6.04. The summed E-state index contributed by atoms with van der Waals surface area (Å²) >= 11 is 0. The fourth-order valence-electron chi connectivity index (χ4n) is 5.11. The van der Waals surface area contributed by atoms with Gasteiger partial charge in [0, 0.05) is 37.5 Å². The van der Waals surface area contributed by atoms with Crippen molar-refractivity contribution in [3.8, 4) is 17.2 Å². The summed E-state index contributed by atoms with van der Waals surface area (Å²) in [4.78, 5) is 6.67. The Morgan fingerprint density at radius 1 is 1.15 bits per heavy atom. The fourth-order valence-corrected chi connectivity index (χ4v) is 5.11. The lowest BCUT2D eigenvalue weighted by atomic mass is 9.69. The molecule has 1 aliphatic rings. The fraction of sp³-hybridized carbons (Fsp3) is 0.464. The van der Waals surface area contributed by atoms with E-state index < -0.39 is 0 Å². The third kappa shape index (κ3) is 5.92. The van der Waals surface area contributed by atoms with Gasteiger partial charge in [-0.2, -0.15) is 0 Å². The molecule has 1 aromatic carbocycles. The second kappa shape index (κ2) is 11.0. The first kappa shape index (κ1) is 24.1. The molecule has 0 saturated heterocycles. The van der Waals surface area contributed by atoms with Crippen molar-refractivity contribution < 1.29 is 9.15 Å². The number of ether oxygens (including phenoxy) is 1. The normalized spacial score (nSPS) is 20.6. The van der Waals surface area contributed by atoms with E-state index in [1.165, 1.54) is 11.1 Å². The largest absolute Gasteiger partial charge is 0.497 e. The maximum Gasteiger partial charge on any atom is 0.247 e. The van der Waals surface area contributed by atoms with Gasteiger partial charge in [0.1, 0.15) is 5.75 Å². The number of methoxy groups -OCH3 is 1.